The van der Waals surface area contributed by atoms with Gasteiger partial charge in [-0.1, -0.05) is 50.6 Å². The Bertz CT molecular complexity index is 2180. The Labute approximate surface area is 314 Å². The molecule has 1 aliphatic heterocycles. The number of halogens is 7. The van der Waals surface area contributed by atoms with Gasteiger partial charge in [0, 0.05) is 16.7 Å². The molecule has 7 rings (SSSR count). The maximum absolute atomic E-state index is 16.4. The normalized spacial score (nSPS) is 20.2. The Hall–Kier alpha value is -5.20. The molecule has 2 saturated carbocycles. The van der Waals surface area contributed by atoms with E-state index >= 15 is 4.39 Å². The van der Waals surface area contributed by atoms with Crippen molar-refractivity contribution < 1.29 is 40.7 Å². The number of aromatic nitrogens is 6. The monoisotopic (exact) mass is 792 g/mol. The number of carbonyl (C=O) groups is 2. The number of nitrogens with zero attached hydrogens (tertiary/aromatic N) is 8. The minimum Gasteiger partial charge on any atom is -0.447 e. The highest BCUT2D eigenvalue weighted by Crippen LogP contribution is 2.49. The van der Waals surface area contributed by atoms with Gasteiger partial charge in [-0.2, -0.15) is 46.7 Å². The number of ether oxygens (including phenoxy) is 1. The van der Waals surface area contributed by atoms with Crippen molar-refractivity contribution in [1.82, 2.24) is 40.0 Å². The first-order valence-electron chi connectivity index (χ1n) is 17.2. The average molecular weight is 793 g/mol. The van der Waals surface area contributed by atoms with E-state index in [1.165, 1.54) is 36.5 Å². The van der Waals surface area contributed by atoms with Crippen molar-refractivity contribution >= 4 is 29.6 Å². The molecule has 0 spiro atoms. The number of benzene rings is 2. The van der Waals surface area contributed by atoms with Crippen LogP contribution >= 0.6 is 11.6 Å². The van der Waals surface area contributed by atoms with Gasteiger partial charge in [0.15, 0.2) is 17.3 Å². The second-order valence-corrected chi connectivity index (χ2v) is 15.5. The summed E-state index contributed by atoms with van der Waals surface area (Å²) >= 11 is 6.42. The van der Waals surface area contributed by atoms with Gasteiger partial charge in [-0.05, 0) is 61.3 Å². The number of nitrogens with one attached hydrogen (secondary N) is 1. The lowest BCUT2D eigenvalue weighted by Gasteiger charge is -2.35. The molecule has 3 aliphatic rings. The molecule has 13 nitrogen and oxygen atoms in total. The molecule has 4 aromatic rings. The summed E-state index contributed by atoms with van der Waals surface area (Å²) in [7, 11) is 0. The average Bonchev–Trinajstić information content (AvgIpc) is 3.97. The molecule has 0 radical (unpaired) electrons. The van der Waals surface area contributed by atoms with Gasteiger partial charge < -0.3 is 15.8 Å². The van der Waals surface area contributed by atoms with Crippen LogP contribution in [-0.4, -0.2) is 70.9 Å². The van der Waals surface area contributed by atoms with Crippen molar-refractivity contribution in [2.45, 2.75) is 88.8 Å². The highest BCUT2D eigenvalue weighted by molar-refractivity contribution is 6.33. The third-order valence-corrected chi connectivity index (χ3v) is 10.0. The van der Waals surface area contributed by atoms with Crippen molar-refractivity contribution in [1.29, 1.82) is 0 Å². The number of amides is 2. The molecule has 292 valence electrons. The van der Waals surface area contributed by atoms with Gasteiger partial charge in [0.1, 0.15) is 30.0 Å². The van der Waals surface area contributed by atoms with E-state index in [2.05, 4.69) is 25.3 Å². The lowest BCUT2D eigenvalue weighted by Crippen LogP contribution is -2.50. The number of alkyl carbamates (subject to hydrolysis) is 1. The topological polar surface area (TPSA) is 158 Å². The second-order valence-electron chi connectivity index (χ2n) is 15.1. The fourth-order valence-electron chi connectivity index (χ4n) is 6.77. The first kappa shape index (κ1) is 38.1. The van der Waals surface area contributed by atoms with E-state index in [0.717, 1.165) is 24.1 Å². The molecule has 2 fully saturated rings. The number of guanidine groups is 1. The van der Waals surface area contributed by atoms with Crippen LogP contribution in [-0.2, 0) is 15.1 Å². The zero-order valence-corrected chi connectivity index (χ0v) is 30.4. The largest absolute Gasteiger partial charge is 0.447 e. The van der Waals surface area contributed by atoms with Crippen LogP contribution in [0.25, 0.3) is 22.6 Å². The van der Waals surface area contributed by atoms with Crippen molar-refractivity contribution in [3.63, 3.8) is 0 Å². The van der Waals surface area contributed by atoms with Gasteiger partial charge in [-0.15, -0.1) is 0 Å². The van der Waals surface area contributed by atoms with Gasteiger partial charge in [0.05, 0.1) is 23.3 Å². The van der Waals surface area contributed by atoms with Crippen LogP contribution in [0.3, 0.4) is 0 Å². The summed E-state index contributed by atoms with van der Waals surface area (Å²) in [4.78, 5) is 38.8. The third-order valence-electron chi connectivity index (χ3n) is 9.70. The number of aliphatic imine (C=N–C) groups is 1. The smallest absolute Gasteiger partial charge is 0.411 e. The molecule has 3 N–H and O–H groups in total. The lowest BCUT2D eigenvalue weighted by molar-refractivity contribution is -0.164. The van der Waals surface area contributed by atoms with Gasteiger partial charge in [-0.25, -0.2) is 19.2 Å². The molecule has 0 saturated heterocycles. The van der Waals surface area contributed by atoms with Crippen molar-refractivity contribution in [3.8, 4) is 22.6 Å². The highest BCUT2D eigenvalue weighted by Gasteiger charge is 2.64. The summed E-state index contributed by atoms with van der Waals surface area (Å²) in [6.07, 6.45) is -2.70. The minimum absolute atomic E-state index is 0.0484. The van der Waals surface area contributed by atoms with Gasteiger partial charge in [0.2, 0.25) is 0 Å². The summed E-state index contributed by atoms with van der Waals surface area (Å²) in [6, 6.07) is 6.92. The first-order chi connectivity index (χ1) is 25.8. The molecule has 0 unspecified atom stereocenters. The van der Waals surface area contributed by atoms with E-state index in [0.29, 0.717) is 15.9 Å². The van der Waals surface area contributed by atoms with Crippen molar-refractivity contribution in [2.75, 3.05) is 6.61 Å². The Morgan fingerprint density at radius 3 is 2.45 bits per heavy atom. The van der Waals surface area contributed by atoms with Crippen LogP contribution in [0.2, 0.25) is 5.02 Å². The van der Waals surface area contributed by atoms with E-state index in [1.54, 1.807) is 10.9 Å². The Balaban J connectivity index is 1.28. The molecule has 2 aliphatic carbocycles. The van der Waals surface area contributed by atoms with Crippen LogP contribution in [0.4, 0.5) is 31.1 Å². The predicted octanol–water partition coefficient (Wildman–Crippen LogP) is 7.08. The highest BCUT2D eigenvalue weighted by atomic mass is 35.5. The Morgan fingerprint density at radius 1 is 1.11 bits per heavy atom. The number of nitrogens with two attached hydrogens (primary N) is 1. The van der Waals surface area contributed by atoms with Crippen LogP contribution in [0.15, 0.2) is 53.9 Å². The number of hydrogen-bond acceptors (Lipinski definition) is 9. The number of alkyl halides is 5. The summed E-state index contributed by atoms with van der Waals surface area (Å²) in [5.74, 6) is -2.43. The Morgan fingerprint density at radius 2 is 1.84 bits per heavy atom. The molecule has 2 amide bonds. The van der Waals surface area contributed by atoms with Crippen molar-refractivity contribution in [2.24, 2.45) is 16.1 Å². The summed E-state index contributed by atoms with van der Waals surface area (Å²) in [6.45, 7) is 1.51. The maximum Gasteiger partial charge on any atom is 0.411 e. The standard InChI is InChI=1S/C35H35ClF6N10O3/c1-32(2,3)16-34(22-8-4-18(13-24(22)37)25-14-45-52(49-25)20-6-7-20)28(53)50(30(43)47-34)26(15-55-31(54)48-33(10-11-33)35(40,41)42)19-5-9-23(36)21(12-19)27-44-17-46-51(27)29(38)39/h4-5,8-9,12-14,17,20,26,29H,6-7,10-11,15-16H2,1-3H3,(H2,43,47)(H,48,54)/t26-,34-/m1/s1. The van der Waals surface area contributed by atoms with Gasteiger partial charge in [-0.3, -0.25) is 9.69 Å². The third kappa shape index (κ3) is 7.20. The molecule has 55 heavy (non-hydrogen) atoms. The summed E-state index contributed by atoms with van der Waals surface area (Å²) < 4.78 is 90.7. The van der Waals surface area contributed by atoms with E-state index in [9.17, 15) is 31.5 Å². The fourth-order valence-corrected chi connectivity index (χ4v) is 6.97. The molecule has 2 atom stereocenters. The fraction of sp³-hybridized carbons (Fsp3) is 0.457. The first-order valence-corrected chi connectivity index (χ1v) is 17.6. The number of carbonyl (C=O) groups excluding carboxylic acids is 2. The molecule has 20 heteroatoms. The van der Waals surface area contributed by atoms with E-state index in [4.69, 9.17) is 22.1 Å². The molecule has 3 heterocycles. The van der Waals surface area contributed by atoms with E-state index in [1.807, 2.05) is 26.1 Å². The summed E-state index contributed by atoms with van der Waals surface area (Å²) in [5, 5.41) is 14.1. The van der Waals surface area contributed by atoms with Crippen LogP contribution in [0.1, 0.15) is 82.6 Å². The summed E-state index contributed by atoms with van der Waals surface area (Å²) in [5.41, 5.74) is 2.09. The van der Waals surface area contributed by atoms with E-state index in [-0.39, 0.29) is 52.8 Å². The molecule has 0 bridgehead atoms. The number of rotatable bonds is 11. The lowest BCUT2D eigenvalue weighted by atomic mass is 9.75. The van der Waals surface area contributed by atoms with Crippen LogP contribution < -0.4 is 11.1 Å². The van der Waals surface area contributed by atoms with Gasteiger partial charge in [0.25, 0.3) is 5.91 Å². The molecule has 2 aromatic carbocycles. The Kier molecular flexibility index (Phi) is 9.37. The molecular weight excluding hydrogens is 758 g/mol. The van der Waals surface area contributed by atoms with Crippen molar-refractivity contribution in [3.05, 3.63) is 70.9 Å². The number of hydrogen-bond donors (Lipinski definition) is 2. The quantitative estimate of drug-likeness (QED) is 0.153. The zero-order valence-electron chi connectivity index (χ0n) is 29.6. The molecule has 2 aromatic heterocycles. The minimum atomic E-state index is -4.75. The van der Waals surface area contributed by atoms with E-state index < -0.39 is 65.6 Å². The van der Waals surface area contributed by atoms with Crippen LogP contribution in [0, 0.1) is 11.2 Å². The van der Waals surface area contributed by atoms with Crippen LogP contribution in [0.5, 0.6) is 0 Å². The predicted molar refractivity (Wildman–Crippen MR) is 185 cm³/mol. The maximum atomic E-state index is 16.4. The second kappa shape index (κ2) is 13.5. The van der Waals surface area contributed by atoms with Gasteiger partial charge >= 0.3 is 18.8 Å². The SMILES string of the molecule is CC(C)(C)C[C@]1(c2ccc(-c3cnn(C4CC4)n3)cc2F)N=C(N)N([C@H](COC(=O)NC2(C(F)(F)F)CC2)c2ccc(Cl)c(-c3ncnn3C(F)F)c2)C1=O. The molecular formula is C35H35ClF6N10O3. The zero-order chi connectivity index (χ0) is 39.7.